The van der Waals surface area contributed by atoms with E-state index < -0.39 is 0 Å². The highest BCUT2D eigenvalue weighted by Gasteiger charge is 2.11. The van der Waals surface area contributed by atoms with E-state index in [1.807, 2.05) is 35.2 Å². The first-order chi connectivity index (χ1) is 8.15. The van der Waals surface area contributed by atoms with Crippen molar-refractivity contribution in [3.63, 3.8) is 0 Å². The molecule has 0 bridgehead atoms. The molecular formula is C12H16BrN3S. The van der Waals surface area contributed by atoms with Crippen molar-refractivity contribution in [1.82, 2.24) is 9.38 Å². The zero-order valence-electron chi connectivity index (χ0n) is 10.0. The number of hydrogen-bond acceptors (Lipinski definition) is 3. The van der Waals surface area contributed by atoms with E-state index >= 15 is 0 Å². The Morgan fingerprint density at radius 1 is 1.47 bits per heavy atom. The summed E-state index contributed by atoms with van der Waals surface area (Å²) in [5.41, 5.74) is 9.21. The van der Waals surface area contributed by atoms with Crippen molar-refractivity contribution in [3.8, 4) is 0 Å². The number of nitrogens with two attached hydrogens (primary N) is 1. The molecule has 0 atom stereocenters. The van der Waals surface area contributed by atoms with Gasteiger partial charge in [0.1, 0.15) is 11.5 Å². The van der Waals surface area contributed by atoms with Gasteiger partial charge >= 0.3 is 0 Å². The molecule has 0 aliphatic carbocycles. The number of hydrogen-bond donors (Lipinski definition) is 1. The maximum atomic E-state index is 6.16. The van der Waals surface area contributed by atoms with E-state index in [2.05, 4.69) is 27.2 Å². The summed E-state index contributed by atoms with van der Waals surface area (Å²) in [6.07, 6.45) is 4.19. The molecule has 92 valence electrons. The molecule has 2 aromatic heterocycles. The number of pyridine rings is 1. The van der Waals surface area contributed by atoms with Gasteiger partial charge in [0.15, 0.2) is 0 Å². The Morgan fingerprint density at radius 2 is 2.24 bits per heavy atom. The lowest BCUT2D eigenvalue weighted by Gasteiger charge is -2.04. The molecule has 2 N–H and O–H groups in total. The molecular weight excluding hydrogens is 298 g/mol. The summed E-state index contributed by atoms with van der Waals surface area (Å²) in [6.45, 7) is 2.04. The monoisotopic (exact) mass is 313 g/mol. The van der Waals surface area contributed by atoms with Gasteiger partial charge in [-0.05, 0) is 59.8 Å². The van der Waals surface area contributed by atoms with Crippen LogP contribution in [0.5, 0.6) is 0 Å². The van der Waals surface area contributed by atoms with Gasteiger partial charge in [-0.1, -0.05) is 0 Å². The molecule has 2 heterocycles. The van der Waals surface area contributed by atoms with E-state index in [4.69, 9.17) is 5.73 Å². The van der Waals surface area contributed by atoms with Crippen LogP contribution in [0.4, 0.5) is 5.82 Å². The fourth-order valence-electron chi connectivity index (χ4n) is 1.91. The fraction of sp³-hybridized carbons (Fsp3) is 0.417. The molecule has 2 aromatic rings. The van der Waals surface area contributed by atoms with Crippen molar-refractivity contribution in [2.24, 2.45) is 0 Å². The lowest BCUT2D eigenvalue weighted by atomic mass is 10.2. The van der Waals surface area contributed by atoms with Crippen LogP contribution in [0.25, 0.3) is 5.65 Å². The number of nitrogens with zero attached hydrogens (tertiary/aromatic N) is 2. The molecule has 0 unspecified atom stereocenters. The summed E-state index contributed by atoms with van der Waals surface area (Å²) in [7, 11) is 0. The van der Waals surface area contributed by atoms with Crippen molar-refractivity contribution in [2.75, 3.05) is 17.7 Å². The zero-order chi connectivity index (χ0) is 12.4. The molecule has 0 aliphatic heterocycles. The molecule has 2 rings (SSSR count). The standard InChI is InChI=1S/C12H16BrN3S/c1-8-9(13)5-6-11-15-10(4-3-7-17-2)12(14)16(8)11/h5-6H,3-4,7,14H2,1-2H3. The number of imidazole rings is 1. The van der Waals surface area contributed by atoms with E-state index in [0.717, 1.165) is 45.9 Å². The van der Waals surface area contributed by atoms with Gasteiger partial charge in [0.2, 0.25) is 0 Å². The molecule has 0 saturated carbocycles. The van der Waals surface area contributed by atoms with Gasteiger partial charge in [-0.3, -0.25) is 4.40 Å². The number of aromatic nitrogens is 2. The van der Waals surface area contributed by atoms with Crippen molar-refractivity contribution >= 4 is 39.2 Å². The summed E-state index contributed by atoms with van der Waals surface area (Å²) in [4.78, 5) is 4.59. The number of halogens is 1. The van der Waals surface area contributed by atoms with Gasteiger partial charge < -0.3 is 5.73 Å². The minimum atomic E-state index is 0.778. The van der Waals surface area contributed by atoms with Gasteiger partial charge in [0.05, 0.1) is 5.69 Å². The molecule has 17 heavy (non-hydrogen) atoms. The minimum absolute atomic E-state index is 0.778. The van der Waals surface area contributed by atoms with Crippen LogP contribution in [0, 0.1) is 6.92 Å². The van der Waals surface area contributed by atoms with Gasteiger partial charge in [-0.25, -0.2) is 4.98 Å². The summed E-state index contributed by atoms with van der Waals surface area (Å²) in [5, 5.41) is 0. The predicted octanol–water partition coefficient (Wildman–Crippen LogP) is 3.28. The van der Waals surface area contributed by atoms with Crippen LogP contribution in [0.15, 0.2) is 16.6 Å². The number of rotatable bonds is 4. The second kappa shape index (κ2) is 5.31. The summed E-state index contributed by atoms with van der Waals surface area (Å²) < 4.78 is 3.07. The first-order valence-corrected chi connectivity index (χ1v) is 7.74. The molecule has 0 spiro atoms. The Bertz CT molecular complexity index is 536. The molecule has 3 nitrogen and oxygen atoms in total. The Balaban J connectivity index is 2.39. The van der Waals surface area contributed by atoms with E-state index in [1.165, 1.54) is 0 Å². The highest BCUT2D eigenvalue weighted by molar-refractivity contribution is 9.10. The molecule has 0 saturated heterocycles. The third kappa shape index (κ3) is 2.45. The molecule has 0 aromatic carbocycles. The van der Waals surface area contributed by atoms with E-state index in [9.17, 15) is 0 Å². The molecule has 0 radical (unpaired) electrons. The van der Waals surface area contributed by atoms with E-state index in [0.29, 0.717) is 0 Å². The number of aryl methyl sites for hydroxylation is 2. The third-order valence-electron chi connectivity index (χ3n) is 2.84. The maximum Gasteiger partial charge on any atom is 0.138 e. The molecule has 0 fully saturated rings. The van der Waals surface area contributed by atoms with Crippen LogP contribution < -0.4 is 5.73 Å². The Labute approximate surface area is 114 Å². The van der Waals surface area contributed by atoms with E-state index in [-0.39, 0.29) is 0 Å². The quantitative estimate of drug-likeness (QED) is 0.881. The van der Waals surface area contributed by atoms with Crippen LogP contribution >= 0.6 is 27.7 Å². The van der Waals surface area contributed by atoms with Gasteiger partial charge in [0, 0.05) is 10.2 Å². The summed E-state index contributed by atoms with van der Waals surface area (Å²) in [5.74, 6) is 1.93. The Hall–Kier alpha value is -0.680. The van der Waals surface area contributed by atoms with Crippen LogP contribution in [-0.2, 0) is 6.42 Å². The largest absolute Gasteiger partial charge is 0.383 e. The van der Waals surface area contributed by atoms with Crippen LogP contribution in [0.2, 0.25) is 0 Å². The Morgan fingerprint density at radius 3 is 2.94 bits per heavy atom. The number of thioether (sulfide) groups is 1. The number of nitrogen functional groups attached to an aromatic ring is 1. The smallest absolute Gasteiger partial charge is 0.138 e. The predicted molar refractivity (Wildman–Crippen MR) is 78.7 cm³/mol. The van der Waals surface area contributed by atoms with Crippen LogP contribution in [0.3, 0.4) is 0 Å². The Kier molecular flexibility index (Phi) is 3.99. The normalized spacial score (nSPS) is 11.2. The van der Waals surface area contributed by atoms with Gasteiger partial charge in [-0.15, -0.1) is 0 Å². The highest BCUT2D eigenvalue weighted by atomic mass is 79.9. The van der Waals surface area contributed by atoms with Crippen molar-refractivity contribution in [1.29, 1.82) is 0 Å². The number of anilines is 1. The summed E-state index contributed by atoms with van der Waals surface area (Å²) >= 11 is 5.37. The molecule has 0 amide bonds. The second-order valence-corrected chi connectivity index (χ2v) is 5.84. The van der Waals surface area contributed by atoms with Crippen LogP contribution in [0.1, 0.15) is 17.8 Å². The molecule has 0 aliphatic rings. The first kappa shape index (κ1) is 12.8. The zero-order valence-corrected chi connectivity index (χ0v) is 12.4. The number of fused-ring (bicyclic) bond motifs is 1. The first-order valence-electron chi connectivity index (χ1n) is 5.56. The summed E-state index contributed by atoms with van der Waals surface area (Å²) in [6, 6.07) is 4.01. The SMILES string of the molecule is CSCCCc1nc2ccc(Br)c(C)n2c1N. The minimum Gasteiger partial charge on any atom is -0.383 e. The maximum absolute atomic E-state index is 6.16. The van der Waals surface area contributed by atoms with Crippen molar-refractivity contribution in [2.45, 2.75) is 19.8 Å². The lowest BCUT2D eigenvalue weighted by Crippen LogP contribution is -2.00. The van der Waals surface area contributed by atoms with E-state index in [1.54, 1.807) is 0 Å². The fourth-order valence-corrected chi connectivity index (χ4v) is 2.65. The van der Waals surface area contributed by atoms with Crippen molar-refractivity contribution < 1.29 is 0 Å². The van der Waals surface area contributed by atoms with Crippen molar-refractivity contribution in [3.05, 3.63) is 28.0 Å². The van der Waals surface area contributed by atoms with Gasteiger partial charge in [-0.2, -0.15) is 11.8 Å². The second-order valence-electron chi connectivity index (χ2n) is 4.00. The molecule has 5 heteroatoms. The average Bonchev–Trinajstić information content (AvgIpc) is 2.63. The topological polar surface area (TPSA) is 43.3 Å². The highest BCUT2D eigenvalue weighted by Crippen LogP contribution is 2.23. The van der Waals surface area contributed by atoms with Gasteiger partial charge in [0.25, 0.3) is 0 Å². The third-order valence-corrected chi connectivity index (χ3v) is 4.37. The van der Waals surface area contributed by atoms with Crippen LogP contribution in [-0.4, -0.2) is 21.4 Å². The average molecular weight is 314 g/mol. The lowest BCUT2D eigenvalue weighted by molar-refractivity contribution is 0.907.